The van der Waals surface area contributed by atoms with E-state index < -0.39 is 0 Å². The molecule has 2 aromatic rings. The van der Waals surface area contributed by atoms with Crippen LogP contribution in [0.5, 0.6) is 0 Å². The van der Waals surface area contributed by atoms with Gasteiger partial charge >= 0.3 is 0 Å². The summed E-state index contributed by atoms with van der Waals surface area (Å²) in [5.74, 6) is 0.608. The highest BCUT2D eigenvalue weighted by Gasteiger charge is 2.27. The minimum atomic E-state index is 0.608. The Morgan fingerprint density at radius 3 is 2.91 bits per heavy atom. The zero-order valence-corrected chi connectivity index (χ0v) is 14.8. The Kier molecular flexibility index (Phi) is 4.99. The van der Waals surface area contributed by atoms with Crippen LogP contribution in [0.3, 0.4) is 0 Å². The molecule has 3 rings (SSSR count). The second kappa shape index (κ2) is 6.97. The molecule has 118 valence electrons. The van der Waals surface area contributed by atoms with Gasteiger partial charge in [-0.2, -0.15) is 5.10 Å². The zero-order valence-electron chi connectivity index (χ0n) is 13.2. The maximum absolute atomic E-state index is 5.82. The van der Waals surface area contributed by atoms with Gasteiger partial charge in [0.05, 0.1) is 12.2 Å². The summed E-state index contributed by atoms with van der Waals surface area (Å²) >= 11 is 3.65. The van der Waals surface area contributed by atoms with Crippen molar-refractivity contribution in [2.75, 3.05) is 6.54 Å². The van der Waals surface area contributed by atoms with E-state index in [-0.39, 0.29) is 0 Å². The summed E-state index contributed by atoms with van der Waals surface area (Å²) in [5.41, 5.74) is 11.3. The summed E-state index contributed by atoms with van der Waals surface area (Å²) in [4.78, 5) is 0. The highest BCUT2D eigenvalue weighted by atomic mass is 79.9. The quantitative estimate of drug-likeness (QED) is 0.873. The first-order valence-electron chi connectivity index (χ1n) is 8.26. The van der Waals surface area contributed by atoms with E-state index in [1.54, 1.807) is 0 Å². The Balaban J connectivity index is 1.98. The number of halogens is 1. The van der Waals surface area contributed by atoms with Gasteiger partial charge in [0.15, 0.2) is 0 Å². The van der Waals surface area contributed by atoms with Crippen LogP contribution >= 0.6 is 15.9 Å². The third-order valence-electron chi connectivity index (χ3n) is 4.68. The van der Waals surface area contributed by atoms with Crippen molar-refractivity contribution in [3.63, 3.8) is 0 Å². The normalized spacial score (nSPS) is 17.5. The smallest absolute Gasteiger partial charge is 0.0673 e. The maximum Gasteiger partial charge on any atom is 0.0673 e. The topological polar surface area (TPSA) is 43.8 Å². The van der Waals surface area contributed by atoms with Crippen molar-refractivity contribution in [2.45, 2.75) is 51.5 Å². The molecule has 1 heterocycles. The van der Waals surface area contributed by atoms with Gasteiger partial charge in [-0.1, -0.05) is 41.1 Å². The van der Waals surface area contributed by atoms with Crippen molar-refractivity contribution >= 4 is 15.9 Å². The number of hydrogen-bond donors (Lipinski definition) is 1. The minimum absolute atomic E-state index is 0.608. The Hall–Kier alpha value is -1.13. The van der Waals surface area contributed by atoms with Crippen molar-refractivity contribution in [2.24, 2.45) is 5.73 Å². The van der Waals surface area contributed by atoms with E-state index in [2.05, 4.69) is 51.8 Å². The van der Waals surface area contributed by atoms with Crippen molar-refractivity contribution in [3.05, 3.63) is 51.3 Å². The van der Waals surface area contributed by atoms with Crippen LogP contribution < -0.4 is 5.73 Å². The van der Waals surface area contributed by atoms with Crippen molar-refractivity contribution < 1.29 is 0 Å². The number of hydrogen-bond acceptors (Lipinski definition) is 2. The summed E-state index contributed by atoms with van der Waals surface area (Å²) in [6.45, 7) is 3.82. The highest BCUT2D eigenvalue weighted by molar-refractivity contribution is 9.10. The SMILES string of the molecule is CCc1nn(Cc2ccccc2Br)c2c1C(CCN)CCC2. The number of fused-ring (bicyclic) bond motifs is 1. The molecule has 0 radical (unpaired) electrons. The number of rotatable bonds is 5. The summed E-state index contributed by atoms with van der Waals surface area (Å²) < 4.78 is 3.39. The lowest BCUT2D eigenvalue weighted by Gasteiger charge is -2.23. The van der Waals surface area contributed by atoms with Crippen molar-refractivity contribution in [1.29, 1.82) is 0 Å². The Labute approximate surface area is 141 Å². The predicted octanol–water partition coefficient (Wildman–Crippen LogP) is 4.03. The van der Waals surface area contributed by atoms with Gasteiger partial charge in [0.2, 0.25) is 0 Å². The van der Waals surface area contributed by atoms with Crippen LogP contribution in [0.25, 0.3) is 0 Å². The van der Waals surface area contributed by atoms with Crippen LogP contribution in [0, 0.1) is 0 Å². The van der Waals surface area contributed by atoms with Crippen LogP contribution in [0.15, 0.2) is 28.7 Å². The van der Waals surface area contributed by atoms with Crippen molar-refractivity contribution in [1.82, 2.24) is 9.78 Å². The third-order valence-corrected chi connectivity index (χ3v) is 5.45. The van der Waals surface area contributed by atoms with Gasteiger partial charge in [-0.25, -0.2) is 0 Å². The fraction of sp³-hybridized carbons (Fsp3) is 0.500. The summed E-state index contributed by atoms with van der Waals surface area (Å²) in [5, 5.41) is 4.93. The summed E-state index contributed by atoms with van der Waals surface area (Å²) in [6.07, 6.45) is 5.75. The standard InChI is InChI=1S/C18H24BrN3/c1-2-16-18-13(10-11-20)7-5-9-17(18)22(21-16)12-14-6-3-4-8-15(14)19/h3-4,6,8,13H,2,5,7,9-12,20H2,1H3. The Morgan fingerprint density at radius 1 is 1.36 bits per heavy atom. The second-order valence-electron chi connectivity index (χ2n) is 6.08. The van der Waals surface area contributed by atoms with E-state index in [1.807, 2.05) is 0 Å². The molecule has 1 unspecified atom stereocenters. The molecule has 1 aromatic carbocycles. The van der Waals surface area contributed by atoms with E-state index >= 15 is 0 Å². The highest BCUT2D eigenvalue weighted by Crippen LogP contribution is 2.36. The monoisotopic (exact) mass is 361 g/mol. The first-order valence-corrected chi connectivity index (χ1v) is 9.05. The van der Waals surface area contributed by atoms with E-state index in [9.17, 15) is 0 Å². The van der Waals surface area contributed by atoms with Gasteiger partial charge in [-0.3, -0.25) is 4.68 Å². The van der Waals surface area contributed by atoms with E-state index in [0.717, 1.165) is 36.8 Å². The molecule has 0 saturated heterocycles. The molecule has 0 saturated carbocycles. The zero-order chi connectivity index (χ0) is 15.5. The fourth-order valence-corrected chi connectivity index (χ4v) is 4.04. The molecular formula is C18H24BrN3. The number of nitrogens with two attached hydrogens (primary N) is 1. The molecule has 0 fully saturated rings. The van der Waals surface area contributed by atoms with Crippen LogP contribution in [0.1, 0.15) is 54.6 Å². The number of aromatic nitrogens is 2. The molecule has 1 aromatic heterocycles. The molecule has 0 spiro atoms. The maximum atomic E-state index is 5.82. The largest absolute Gasteiger partial charge is 0.330 e. The number of aryl methyl sites for hydroxylation is 1. The van der Waals surface area contributed by atoms with E-state index in [1.165, 1.54) is 35.4 Å². The number of nitrogens with zero attached hydrogens (tertiary/aromatic N) is 2. The number of benzene rings is 1. The molecule has 22 heavy (non-hydrogen) atoms. The predicted molar refractivity (Wildman–Crippen MR) is 94.2 cm³/mol. The van der Waals surface area contributed by atoms with Gasteiger partial charge < -0.3 is 5.73 Å². The molecule has 1 aliphatic rings. The van der Waals surface area contributed by atoms with Gasteiger partial charge in [0.25, 0.3) is 0 Å². The lowest BCUT2D eigenvalue weighted by atomic mass is 9.82. The minimum Gasteiger partial charge on any atom is -0.330 e. The Bertz CT molecular complexity index is 648. The van der Waals surface area contributed by atoms with Gasteiger partial charge in [-0.05, 0) is 61.8 Å². The van der Waals surface area contributed by atoms with Crippen molar-refractivity contribution in [3.8, 4) is 0 Å². The molecule has 0 aliphatic heterocycles. The van der Waals surface area contributed by atoms with Gasteiger partial charge in [0.1, 0.15) is 0 Å². The van der Waals surface area contributed by atoms with E-state index in [0.29, 0.717) is 5.92 Å². The first-order chi connectivity index (χ1) is 10.7. The lowest BCUT2D eigenvalue weighted by Crippen LogP contribution is -2.16. The molecule has 3 nitrogen and oxygen atoms in total. The third kappa shape index (κ3) is 2.99. The van der Waals surface area contributed by atoms with Crippen LogP contribution in [-0.4, -0.2) is 16.3 Å². The fourth-order valence-electron chi connectivity index (χ4n) is 3.63. The summed E-state index contributed by atoms with van der Waals surface area (Å²) in [7, 11) is 0. The molecule has 1 atom stereocenters. The molecule has 2 N–H and O–H groups in total. The van der Waals surface area contributed by atoms with Gasteiger partial charge in [0, 0.05) is 10.2 Å². The lowest BCUT2D eigenvalue weighted by molar-refractivity contribution is 0.505. The molecule has 0 bridgehead atoms. The molecule has 1 aliphatic carbocycles. The molecular weight excluding hydrogens is 338 g/mol. The molecule has 0 amide bonds. The average molecular weight is 362 g/mol. The van der Waals surface area contributed by atoms with Gasteiger partial charge in [-0.15, -0.1) is 0 Å². The van der Waals surface area contributed by atoms with E-state index in [4.69, 9.17) is 10.8 Å². The second-order valence-corrected chi connectivity index (χ2v) is 6.93. The van der Waals surface area contributed by atoms with Crippen LogP contribution in [-0.2, 0) is 19.4 Å². The molecule has 4 heteroatoms. The first kappa shape index (κ1) is 15.8. The Morgan fingerprint density at radius 2 is 2.18 bits per heavy atom. The summed E-state index contributed by atoms with van der Waals surface area (Å²) in [6, 6.07) is 8.42. The van der Waals surface area contributed by atoms with Crippen LogP contribution in [0.2, 0.25) is 0 Å². The van der Waals surface area contributed by atoms with Crippen LogP contribution in [0.4, 0.5) is 0 Å². The average Bonchev–Trinajstić information content (AvgIpc) is 2.89.